The second-order valence-corrected chi connectivity index (χ2v) is 4.86. The molecule has 1 N–H and O–H groups in total. The highest BCUT2D eigenvalue weighted by Gasteiger charge is 2.11. The molecule has 1 aliphatic heterocycles. The van der Waals surface area contributed by atoms with Crippen LogP contribution < -0.4 is 10.2 Å². The molecule has 0 unspecified atom stereocenters. The number of rotatable bonds is 4. The number of ether oxygens (including phenoxy) is 1. The Bertz CT molecular complexity index is 495. The molecular formula is C12H15N5OS. The van der Waals surface area contributed by atoms with Gasteiger partial charge in [-0.1, -0.05) is 4.49 Å². The summed E-state index contributed by atoms with van der Waals surface area (Å²) in [4.78, 5) is 6.71. The lowest BCUT2D eigenvalue weighted by Gasteiger charge is -2.27. The monoisotopic (exact) mass is 277 g/mol. The minimum atomic E-state index is 0.676. The molecule has 3 heterocycles. The molecule has 0 aromatic carbocycles. The smallest absolute Gasteiger partial charge is 0.128 e. The Morgan fingerprint density at radius 1 is 1.32 bits per heavy atom. The SMILES string of the molecule is c1cc(N2CCOCC2)ncc1NCc1csnn1. The van der Waals surface area contributed by atoms with Gasteiger partial charge in [0.15, 0.2) is 0 Å². The van der Waals surface area contributed by atoms with Crippen LogP contribution in [0.4, 0.5) is 11.5 Å². The summed E-state index contributed by atoms with van der Waals surface area (Å²) in [6, 6.07) is 4.07. The largest absolute Gasteiger partial charge is 0.378 e. The van der Waals surface area contributed by atoms with Crippen molar-refractivity contribution in [3.8, 4) is 0 Å². The zero-order valence-electron chi connectivity index (χ0n) is 10.5. The third-order valence-corrected chi connectivity index (χ3v) is 3.52. The fourth-order valence-electron chi connectivity index (χ4n) is 1.92. The molecule has 1 saturated heterocycles. The number of nitrogens with zero attached hydrogens (tertiary/aromatic N) is 4. The van der Waals surface area contributed by atoms with E-state index in [1.807, 2.05) is 23.7 Å². The highest BCUT2D eigenvalue weighted by molar-refractivity contribution is 7.03. The summed E-state index contributed by atoms with van der Waals surface area (Å²) in [6.07, 6.45) is 1.85. The summed E-state index contributed by atoms with van der Waals surface area (Å²) in [5.41, 5.74) is 1.94. The molecular weight excluding hydrogens is 262 g/mol. The minimum absolute atomic E-state index is 0.676. The molecule has 0 aliphatic carbocycles. The lowest BCUT2D eigenvalue weighted by atomic mass is 10.3. The number of anilines is 2. The van der Waals surface area contributed by atoms with Gasteiger partial charge in [-0.05, 0) is 23.7 Å². The van der Waals surface area contributed by atoms with Gasteiger partial charge in [0.1, 0.15) is 5.82 Å². The maximum atomic E-state index is 5.33. The Morgan fingerprint density at radius 3 is 2.89 bits per heavy atom. The molecule has 0 amide bonds. The predicted molar refractivity (Wildman–Crippen MR) is 74.5 cm³/mol. The zero-order valence-corrected chi connectivity index (χ0v) is 11.3. The molecule has 0 spiro atoms. The van der Waals surface area contributed by atoms with Crippen LogP contribution in [0.1, 0.15) is 5.69 Å². The van der Waals surface area contributed by atoms with E-state index in [-0.39, 0.29) is 0 Å². The molecule has 1 aliphatic rings. The van der Waals surface area contributed by atoms with E-state index >= 15 is 0 Å². The highest BCUT2D eigenvalue weighted by atomic mass is 32.1. The van der Waals surface area contributed by atoms with Crippen molar-refractivity contribution in [3.05, 3.63) is 29.4 Å². The van der Waals surface area contributed by atoms with E-state index in [9.17, 15) is 0 Å². The standard InChI is InChI=1S/C12H15N5OS/c1-2-12(17-3-5-18-6-4-17)14-7-10(1)13-8-11-9-19-16-15-11/h1-2,7,9,13H,3-6,8H2. The van der Waals surface area contributed by atoms with Crippen molar-refractivity contribution in [2.45, 2.75) is 6.54 Å². The van der Waals surface area contributed by atoms with Crippen LogP contribution in [-0.4, -0.2) is 40.9 Å². The van der Waals surface area contributed by atoms with Crippen LogP contribution in [0.5, 0.6) is 0 Å². The molecule has 0 atom stereocenters. The van der Waals surface area contributed by atoms with Crippen molar-refractivity contribution in [1.29, 1.82) is 0 Å². The van der Waals surface area contributed by atoms with Crippen molar-refractivity contribution < 1.29 is 4.74 Å². The summed E-state index contributed by atoms with van der Waals surface area (Å²) >= 11 is 1.36. The molecule has 7 heteroatoms. The molecule has 1 fully saturated rings. The van der Waals surface area contributed by atoms with Gasteiger partial charge in [0, 0.05) is 18.5 Å². The summed E-state index contributed by atoms with van der Waals surface area (Å²) in [7, 11) is 0. The topological polar surface area (TPSA) is 63.2 Å². The van der Waals surface area contributed by atoms with Gasteiger partial charge in [0.25, 0.3) is 0 Å². The van der Waals surface area contributed by atoms with Gasteiger partial charge in [-0.2, -0.15) is 0 Å². The number of morpholine rings is 1. The molecule has 3 rings (SSSR count). The van der Waals surface area contributed by atoms with Crippen LogP contribution in [0.25, 0.3) is 0 Å². The second kappa shape index (κ2) is 5.94. The maximum absolute atomic E-state index is 5.33. The van der Waals surface area contributed by atoms with Crippen LogP contribution in [0.2, 0.25) is 0 Å². The Labute approximate surface area is 115 Å². The third kappa shape index (κ3) is 3.18. The van der Waals surface area contributed by atoms with Crippen LogP contribution in [0.3, 0.4) is 0 Å². The van der Waals surface area contributed by atoms with Gasteiger partial charge in [-0.15, -0.1) is 5.10 Å². The number of hydrogen-bond acceptors (Lipinski definition) is 7. The van der Waals surface area contributed by atoms with Crippen molar-refractivity contribution in [2.75, 3.05) is 36.5 Å². The maximum Gasteiger partial charge on any atom is 0.128 e. The first kappa shape index (κ1) is 12.3. The van der Waals surface area contributed by atoms with E-state index in [0.717, 1.165) is 43.5 Å². The quantitative estimate of drug-likeness (QED) is 0.911. The first-order valence-electron chi connectivity index (χ1n) is 6.20. The molecule has 2 aromatic rings. The first-order valence-corrected chi connectivity index (χ1v) is 7.04. The lowest BCUT2D eigenvalue weighted by Crippen LogP contribution is -2.36. The van der Waals surface area contributed by atoms with E-state index in [1.165, 1.54) is 11.5 Å². The van der Waals surface area contributed by atoms with Crippen LogP contribution in [0, 0.1) is 0 Å². The van der Waals surface area contributed by atoms with Crippen LogP contribution in [0.15, 0.2) is 23.7 Å². The van der Waals surface area contributed by atoms with Crippen molar-refractivity contribution in [1.82, 2.24) is 14.6 Å². The molecule has 19 heavy (non-hydrogen) atoms. The van der Waals surface area contributed by atoms with Crippen molar-refractivity contribution in [3.63, 3.8) is 0 Å². The molecule has 6 nitrogen and oxygen atoms in total. The summed E-state index contributed by atoms with van der Waals surface area (Å²) < 4.78 is 9.16. The van der Waals surface area contributed by atoms with Gasteiger partial charge in [0.05, 0.1) is 37.3 Å². The zero-order chi connectivity index (χ0) is 12.9. The summed E-state index contributed by atoms with van der Waals surface area (Å²) in [6.45, 7) is 4.04. The van der Waals surface area contributed by atoms with Gasteiger partial charge < -0.3 is 15.0 Å². The number of nitrogens with one attached hydrogen (secondary N) is 1. The molecule has 0 bridgehead atoms. The van der Waals surface area contributed by atoms with E-state index in [4.69, 9.17) is 4.74 Å². The summed E-state index contributed by atoms with van der Waals surface area (Å²) in [5, 5.41) is 9.19. The second-order valence-electron chi connectivity index (χ2n) is 4.25. The van der Waals surface area contributed by atoms with E-state index < -0.39 is 0 Å². The number of pyridine rings is 1. The van der Waals surface area contributed by atoms with Gasteiger partial charge in [-0.3, -0.25) is 0 Å². The van der Waals surface area contributed by atoms with Crippen LogP contribution >= 0.6 is 11.5 Å². The minimum Gasteiger partial charge on any atom is -0.378 e. The van der Waals surface area contributed by atoms with Crippen LogP contribution in [-0.2, 0) is 11.3 Å². The molecule has 0 radical (unpaired) electrons. The molecule has 2 aromatic heterocycles. The fourth-order valence-corrected chi connectivity index (χ4v) is 2.38. The van der Waals surface area contributed by atoms with Crippen molar-refractivity contribution >= 4 is 23.0 Å². The third-order valence-electron chi connectivity index (χ3n) is 2.96. The van der Waals surface area contributed by atoms with E-state index in [1.54, 1.807) is 0 Å². The first-order chi connectivity index (χ1) is 9.42. The molecule has 100 valence electrons. The predicted octanol–water partition coefficient (Wildman–Crippen LogP) is 1.38. The number of aromatic nitrogens is 3. The Kier molecular flexibility index (Phi) is 3.85. The Hall–Kier alpha value is -1.73. The van der Waals surface area contributed by atoms with Gasteiger partial charge >= 0.3 is 0 Å². The number of hydrogen-bond donors (Lipinski definition) is 1. The van der Waals surface area contributed by atoms with E-state index in [0.29, 0.717) is 6.54 Å². The fraction of sp³-hybridized carbons (Fsp3) is 0.417. The van der Waals surface area contributed by atoms with Gasteiger partial charge in [0.2, 0.25) is 0 Å². The molecule has 0 saturated carbocycles. The average Bonchev–Trinajstić information content (AvgIpc) is 3.00. The normalized spacial score (nSPS) is 15.5. The van der Waals surface area contributed by atoms with Gasteiger partial charge in [-0.25, -0.2) is 4.98 Å². The lowest BCUT2D eigenvalue weighted by molar-refractivity contribution is 0.122. The van der Waals surface area contributed by atoms with E-state index in [2.05, 4.69) is 24.8 Å². The summed E-state index contributed by atoms with van der Waals surface area (Å²) in [5.74, 6) is 1.00. The average molecular weight is 277 g/mol. The van der Waals surface area contributed by atoms with Crippen molar-refractivity contribution in [2.24, 2.45) is 0 Å². The Balaban J connectivity index is 1.58. The Morgan fingerprint density at radius 2 is 2.21 bits per heavy atom. The highest BCUT2D eigenvalue weighted by Crippen LogP contribution is 2.15.